The van der Waals surface area contributed by atoms with Gasteiger partial charge in [0, 0.05) is 0 Å². The Morgan fingerprint density at radius 3 is 2.41 bits per heavy atom. The molecule has 4 aliphatic rings. The minimum Gasteiger partial charge on any atom is -0.478 e. The molecule has 238 valence electrons. The van der Waals surface area contributed by atoms with Gasteiger partial charge in [-0.3, -0.25) is 0 Å². The Balaban J connectivity index is 1.29. The summed E-state index contributed by atoms with van der Waals surface area (Å²) < 4.78 is 6.02. The van der Waals surface area contributed by atoms with Gasteiger partial charge in [0.25, 0.3) is 0 Å². The van der Waals surface area contributed by atoms with E-state index in [-0.39, 0.29) is 16.2 Å². The molecule has 0 spiro atoms. The minimum absolute atomic E-state index is 0.00183. The molecule has 1 N–H and O–H groups in total. The molecule has 0 amide bonds. The van der Waals surface area contributed by atoms with Gasteiger partial charge in [0.2, 0.25) is 12.3 Å². The summed E-state index contributed by atoms with van der Waals surface area (Å²) in [6.45, 7) is 19.2. The molecule has 4 fully saturated rings. The van der Waals surface area contributed by atoms with Crippen LogP contribution in [-0.2, 0) is 5.41 Å². The van der Waals surface area contributed by atoms with Crippen molar-refractivity contribution in [3.8, 4) is 0 Å². The second kappa shape index (κ2) is 11.3. The van der Waals surface area contributed by atoms with Crippen molar-refractivity contribution in [2.75, 3.05) is 0 Å². The molecule has 0 bridgehead atoms. The fourth-order valence-electron chi connectivity index (χ4n) is 11.4. The Morgan fingerprint density at radius 2 is 1.77 bits per heavy atom. The molecule has 8 atom stereocenters. The number of fused-ring (bicyclic) bond motifs is 5. The lowest BCUT2D eigenvalue weighted by atomic mass is 9.37. The SMILES string of the molecule is C=C(C)[C@@H]1CC[C@]2(c3nnco3)CC[C@]3(C)[C@H](CC[C@@H]4C[C@H](C(C)(C)/C(=C\CCC)c5ccc(C(=O)O)cc5)CC[C@]43C)[C@@H]12. The lowest BCUT2D eigenvalue weighted by Gasteiger charge is -2.67. The van der Waals surface area contributed by atoms with Crippen molar-refractivity contribution >= 4 is 11.5 Å². The highest BCUT2D eigenvalue weighted by molar-refractivity contribution is 5.88. The maximum Gasteiger partial charge on any atom is 0.335 e. The molecule has 5 heteroatoms. The number of aromatic carboxylic acids is 1. The number of carboxylic acid groups (broad SMARTS) is 1. The van der Waals surface area contributed by atoms with E-state index in [1.807, 2.05) is 12.1 Å². The Bertz CT molecular complexity index is 1410. The van der Waals surface area contributed by atoms with E-state index in [4.69, 9.17) is 4.42 Å². The van der Waals surface area contributed by atoms with E-state index in [0.717, 1.165) is 31.6 Å². The molecule has 1 aromatic heterocycles. The Kier molecular flexibility index (Phi) is 8.02. The van der Waals surface area contributed by atoms with Crippen LogP contribution in [0.4, 0.5) is 0 Å². The quantitative estimate of drug-likeness (QED) is 0.306. The van der Waals surface area contributed by atoms with Gasteiger partial charge in [-0.05, 0) is 140 Å². The van der Waals surface area contributed by atoms with Gasteiger partial charge in [-0.2, -0.15) is 0 Å². The third kappa shape index (κ3) is 4.66. The molecule has 0 aliphatic heterocycles. The standard InChI is InChI=1S/C39H54N2O3/c1-8-9-10-31(26-11-13-27(14-12-26)34(42)43)36(4,5)28-17-19-37(6)29(23-28)15-16-32-33-30(25(2)3)18-20-39(33,22-21-38(32,37)7)35-41-40-24-44-35/h10-14,24,28-30,32-33H,2,8-9,15-23H2,1,3-7H3,(H,42,43)/b31-10-/t28-,29-,30+,32-,33-,37-,38-,39+/m1/s1. The van der Waals surface area contributed by atoms with Gasteiger partial charge in [0.15, 0.2) is 0 Å². The molecule has 6 rings (SSSR count). The number of hydrogen-bond acceptors (Lipinski definition) is 4. The van der Waals surface area contributed by atoms with Crippen LogP contribution in [-0.4, -0.2) is 21.3 Å². The third-order valence-corrected chi connectivity index (χ3v) is 14.1. The number of hydrogen-bond donors (Lipinski definition) is 1. The van der Waals surface area contributed by atoms with Gasteiger partial charge in [-0.15, -0.1) is 10.2 Å². The van der Waals surface area contributed by atoms with E-state index < -0.39 is 5.97 Å². The predicted octanol–water partition coefficient (Wildman–Crippen LogP) is 10.2. The normalized spacial score (nSPS) is 37.1. The van der Waals surface area contributed by atoms with Crippen LogP contribution >= 0.6 is 0 Å². The fourth-order valence-corrected chi connectivity index (χ4v) is 11.4. The molecule has 1 heterocycles. The van der Waals surface area contributed by atoms with E-state index in [2.05, 4.69) is 64.4 Å². The zero-order valence-electron chi connectivity index (χ0n) is 28.0. The van der Waals surface area contributed by atoms with Gasteiger partial charge in [-0.25, -0.2) is 4.79 Å². The summed E-state index contributed by atoms with van der Waals surface area (Å²) >= 11 is 0. The van der Waals surface area contributed by atoms with E-state index >= 15 is 0 Å². The van der Waals surface area contributed by atoms with Gasteiger partial charge in [0.1, 0.15) is 0 Å². The Labute approximate surface area is 265 Å². The number of benzene rings is 1. The highest BCUT2D eigenvalue weighted by atomic mass is 16.4. The molecule has 5 nitrogen and oxygen atoms in total. The molecule has 2 aromatic rings. The molecular formula is C39H54N2O3. The molecule has 4 saturated carbocycles. The van der Waals surface area contributed by atoms with Crippen LogP contribution in [0.25, 0.3) is 5.57 Å². The van der Waals surface area contributed by atoms with Crippen LogP contribution < -0.4 is 0 Å². The van der Waals surface area contributed by atoms with Gasteiger partial charge in [0.05, 0.1) is 11.0 Å². The van der Waals surface area contributed by atoms with Gasteiger partial charge < -0.3 is 9.52 Å². The number of rotatable bonds is 8. The Morgan fingerprint density at radius 1 is 1.05 bits per heavy atom. The molecule has 0 saturated heterocycles. The lowest BCUT2D eigenvalue weighted by molar-refractivity contribution is -0.175. The molecule has 44 heavy (non-hydrogen) atoms. The van der Waals surface area contributed by atoms with E-state index in [1.165, 1.54) is 68.0 Å². The van der Waals surface area contributed by atoms with E-state index in [9.17, 15) is 9.90 Å². The Hall–Kier alpha value is -2.69. The van der Waals surface area contributed by atoms with Crippen LogP contribution in [0.2, 0.25) is 0 Å². The predicted molar refractivity (Wildman–Crippen MR) is 176 cm³/mol. The van der Waals surface area contributed by atoms with Crippen molar-refractivity contribution in [2.24, 2.45) is 45.8 Å². The number of allylic oxidation sites excluding steroid dienone is 3. The summed E-state index contributed by atoms with van der Waals surface area (Å²) in [6.07, 6.45) is 17.2. The average molecular weight is 599 g/mol. The van der Waals surface area contributed by atoms with Crippen LogP contribution in [0.3, 0.4) is 0 Å². The lowest BCUT2D eigenvalue weighted by Crippen LogP contribution is -2.61. The highest BCUT2D eigenvalue weighted by Gasteiger charge is 2.68. The monoisotopic (exact) mass is 598 g/mol. The van der Waals surface area contributed by atoms with Crippen LogP contribution in [0, 0.1) is 45.8 Å². The summed E-state index contributed by atoms with van der Waals surface area (Å²) in [7, 11) is 0. The second-order valence-corrected chi connectivity index (χ2v) is 16.1. The van der Waals surface area contributed by atoms with Crippen molar-refractivity contribution < 1.29 is 14.3 Å². The van der Waals surface area contributed by atoms with Crippen molar-refractivity contribution in [1.82, 2.24) is 10.2 Å². The number of nitrogens with zero attached hydrogens (tertiary/aromatic N) is 2. The fraction of sp³-hybridized carbons (Fsp3) is 0.667. The maximum atomic E-state index is 11.5. The zero-order chi connectivity index (χ0) is 31.5. The van der Waals surface area contributed by atoms with Crippen molar-refractivity contribution in [2.45, 2.75) is 118 Å². The largest absolute Gasteiger partial charge is 0.478 e. The van der Waals surface area contributed by atoms with E-state index in [1.54, 1.807) is 12.1 Å². The zero-order valence-corrected chi connectivity index (χ0v) is 28.0. The van der Waals surface area contributed by atoms with Gasteiger partial charge in [-0.1, -0.05) is 71.4 Å². The molecule has 1 aromatic carbocycles. The van der Waals surface area contributed by atoms with Crippen molar-refractivity contribution in [3.05, 3.63) is 65.9 Å². The van der Waals surface area contributed by atoms with Gasteiger partial charge >= 0.3 is 5.97 Å². The summed E-state index contributed by atoms with van der Waals surface area (Å²) in [5.74, 6) is 3.03. The molecule has 4 aliphatic carbocycles. The highest BCUT2D eigenvalue weighted by Crippen LogP contribution is 2.74. The minimum atomic E-state index is -0.866. The first-order valence-corrected chi connectivity index (χ1v) is 17.4. The van der Waals surface area contributed by atoms with Crippen LogP contribution in [0.5, 0.6) is 0 Å². The van der Waals surface area contributed by atoms with E-state index in [0.29, 0.717) is 40.6 Å². The first kappa shape index (κ1) is 31.3. The summed E-state index contributed by atoms with van der Waals surface area (Å²) in [5.41, 5.74) is 4.85. The maximum absolute atomic E-state index is 11.5. The number of aromatic nitrogens is 2. The molecular weight excluding hydrogens is 544 g/mol. The number of carboxylic acids is 1. The summed E-state index contributed by atoms with van der Waals surface area (Å²) in [4.78, 5) is 11.5. The van der Waals surface area contributed by atoms with Crippen molar-refractivity contribution in [3.63, 3.8) is 0 Å². The summed E-state index contributed by atoms with van der Waals surface area (Å²) in [5, 5.41) is 18.2. The molecule has 0 unspecified atom stereocenters. The smallest absolute Gasteiger partial charge is 0.335 e. The average Bonchev–Trinajstić information content (AvgIpc) is 3.67. The van der Waals surface area contributed by atoms with Crippen LogP contribution in [0.1, 0.15) is 134 Å². The third-order valence-electron chi connectivity index (χ3n) is 14.1. The molecule has 0 radical (unpaired) electrons. The van der Waals surface area contributed by atoms with Crippen molar-refractivity contribution in [1.29, 1.82) is 0 Å². The second-order valence-electron chi connectivity index (χ2n) is 16.1. The first-order chi connectivity index (χ1) is 20.9. The topological polar surface area (TPSA) is 76.2 Å². The number of unbranched alkanes of at least 4 members (excludes halogenated alkanes) is 1. The van der Waals surface area contributed by atoms with Crippen LogP contribution in [0.15, 0.2) is 53.3 Å². The summed E-state index contributed by atoms with van der Waals surface area (Å²) in [6, 6.07) is 7.60. The number of carbonyl (C=O) groups is 1. The first-order valence-electron chi connectivity index (χ1n) is 17.4.